The van der Waals surface area contributed by atoms with Crippen molar-refractivity contribution in [2.45, 2.75) is 11.3 Å². The van der Waals surface area contributed by atoms with Crippen LogP contribution >= 0.6 is 0 Å². The number of para-hydroxylation sites is 1. The zero-order chi connectivity index (χ0) is 19.3. The van der Waals surface area contributed by atoms with Gasteiger partial charge in [-0.2, -0.15) is 4.31 Å². The number of hydrogen-bond acceptors (Lipinski definition) is 5. The van der Waals surface area contributed by atoms with E-state index >= 15 is 0 Å². The molecule has 0 spiro atoms. The van der Waals surface area contributed by atoms with Gasteiger partial charge in [0.25, 0.3) is 0 Å². The smallest absolute Gasteiger partial charge is 0.246 e. The molecule has 0 saturated carbocycles. The van der Waals surface area contributed by atoms with Crippen LogP contribution in [0.15, 0.2) is 53.4 Å². The summed E-state index contributed by atoms with van der Waals surface area (Å²) < 4.78 is 37.8. The summed E-state index contributed by atoms with van der Waals surface area (Å²) in [7, 11) is -2.30. The summed E-state index contributed by atoms with van der Waals surface area (Å²) in [5.74, 6) is 0.0368. The number of anilines is 1. The maximum absolute atomic E-state index is 13.0. The van der Waals surface area contributed by atoms with E-state index in [4.69, 9.17) is 9.47 Å². The van der Waals surface area contributed by atoms with Gasteiger partial charge in [0.05, 0.1) is 26.7 Å². The molecule has 0 atom stereocenters. The van der Waals surface area contributed by atoms with E-state index < -0.39 is 10.0 Å². The average Bonchev–Trinajstić information content (AvgIpc) is 2.69. The molecule has 1 amide bonds. The van der Waals surface area contributed by atoms with Crippen molar-refractivity contribution in [2.75, 3.05) is 38.7 Å². The molecule has 1 saturated heterocycles. The maximum Gasteiger partial charge on any atom is 0.246 e. The largest absolute Gasteiger partial charge is 0.495 e. The van der Waals surface area contributed by atoms with E-state index in [1.54, 1.807) is 24.3 Å². The maximum atomic E-state index is 13.0. The molecule has 144 valence electrons. The Morgan fingerprint density at radius 2 is 1.85 bits per heavy atom. The number of amides is 1. The van der Waals surface area contributed by atoms with E-state index in [2.05, 4.69) is 5.32 Å². The number of carbonyl (C=O) groups is 1. The van der Waals surface area contributed by atoms with Gasteiger partial charge >= 0.3 is 0 Å². The van der Waals surface area contributed by atoms with Crippen molar-refractivity contribution in [1.82, 2.24) is 4.31 Å². The van der Waals surface area contributed by atoms with E-state index in [1.807, 2.05) is 18.2 Å². The second-order valence-electron chi connectivity index (χ2n) is 6.09. The summed E-state index contributed by atoms with van der Waals surface area (Å²) in [6.07, 6.45) is 0.0600. The lowest BCUT2D eigenvalue weighted by Crippen LogP contribution is -2.40. The lowest BCUT2D eigenvalue weighted by atomic mass is 10.1. The molecule has 2 aromatic rings. The van der Waals surface area contributed by atoms with E-state index in [9.17, 15) is 13.2 Å². The minimum Gasteiger partial charge on any atom is -0.495 e. The minimum absolute atomic E-state index is 0.0600. The molecule has 1 N–H and O–H groups in total. The first kappa shape index (κ1) is 19.3. The summed E-state index contributed by atoms with van der Waals surface area (Å²) in [6.45, 7) is 1.32. The number of carbonyl (C=O) groups excluding carboxylic acids is 1. The first-order valence-corrected chi connectivity index (χ1v) is 10.0. The lowest BCUT2D eigenvalue weighted by Gasteiger charge is -2.26. The summed E-state index contributed by atoms with van der Waals surface area (Å²) in [5.41, 5.74) is 1.29. The third kappa shape index (κ3) is 4.65. The monoisotopic (exact) mass is 390 g/mol. The molecule has 1 fully saturated rings. The molecule has 0 bridgehead atoms. The SMILES string of the molecule is COc1ccc(CC(=O)Nc2ccccc2)cc1S(=O)(=O)N1CCOCC1. The Morgan fingerprint density at radius 1 is 1.15 bits per heavy atom. The molecule has 3 rings (SSSR count). The van der Waals surface area contributed by atoms with Crippen molar-refractivity contribution >= 4 is 21.6 Å². The van der Waals surface area contributed by atoms with Gasteiger partial charge in [0.2, 0.25) is 15.9 Å². The molecule has 1 aliphatic heterocycles. The first-order chi connectivity index (χ1) is 13.0. The number of sulfonamides is 1. The molecular weight excluding hydrogens is 368 g/mol. The van der Waals surface area contributed by atoms with Crippen LogP contribution in [0, 0.1) is 0 Å². The van der Waals surface area contributed by atoms with Crippen molar-refractivity contribution in [3.8, 4) is 5.75 Å². The fourth-order valence-corrected chi connectivity index (χ4v) is 4.48. The number of benzene rings is 2. The van der Waals surface area contributed by atoms with E-state index in [0.717, 1.165) is 0 Å². The fraction of sp³-hybridized carbons (Fsp3) is 0.316. The van der Waals surface area contributed by atoms with Gasteiger partial charge in [-0.1, -0.05) is 24.3 Å². The Morgan fingerprint density at radius 3 is 2.52 bits per heavy atom. The summed E-state index contributed by atoms with van der Waals surface area (Å²) in [6, 6.07) is 13.9. The Hall–Kier alpha value is -2.42. The molecule has 7 nitrogen and oxygen atoms in total. The highest BCUT2D eigenvalue weighted by Gasteiger charge is 2.29. The fourth-order valence-electron chi connectivity index (χ4n) is 2.87. The number of methoxy groups -OCH3 is 1. The molecule has 0 unspecified atom stereocenters. The van der Waals surface area contributed by atoms with Crippen molar-refractivity contribution in [1.29, 1.82) is 0 Å². The van der Waals surface area contributed by atoms with E-state index in [-0.39, 0.29) is 23.0 Å². The molecule has 8 heteroatoms. The number of hydrogen-bond donors (Lipinski definition) is 1. The molecular formula is C19H22N2O5S. The number of nitrogens with one attached hydrogen (secondary N) is 1. The van der Waals surface area contributed by atoms with Crippen molar-refractivity contribution in [3.63, 3.8) is 0 Å². The van der Waals surface area contributed by atoms with Gasteiger partial charge in [0.1, 0.15) is 10.6 Å². The Bertz CT molecular complexity index is 894. The van der Waals surface area contributed by atoms with Gasteiger partial charge in [-0.15, -0.1) is 0 Å². The van der Waals surface area contributed by atoms with Gasteiger partial charge in [-0.3, -0.25) is 4.79 Å². The molecule has 27 heavy (non-hydrogen) atoms. The van der Waals surface area contributed by atoms with E-state index in [1.165, 1.54) is 17.5 Å². The summed E-state index contributed by atoms with van der Waals surface area (Å²) in [5, 5.41) is 2.79. The van der Waals surface area contributed by atoms with E-state index in [0.29, 0.717) is 37.6 Å². The highest BCUT2D eigenvalue weighted by atomic mass is 32.2. The van der Waals surface area contributed by atoms with Crippen LogP contribution in [0.3, 0.4) is 0 Å². The van der Waals surface area contributed by atoms with Crippen LogP contribution in [0.25, 0.3) is 0 Å². The molecule has 0 aliphatic carbocycles. The average molecular weight is 390 g/mol. The van der Waals surface area contributed by atoms with Crippen molar-refractivity contribution in [2.24, 2.45) is 0 Å². The van der Waals surface area contributed by atoms with Gasteiger partial charge < -0.3 is 14.8 Å². The van der Waals surface area contributed by atoms with Crippen molar-refractivity contribution in [3.05, 3.63) is 54.1 Å². The first-order valence-electron chi connectivity index (χ1n) is 8.60. The second-order valence-corrected chi connectivity index (χ2v) is 8.00. The molecule has 2 aromatic carbocycles. The van der Waals surface area contributed by atoms with Crippen LogP contribution in [0.2, 0.25) is 0 Å². The minimum atomic E-state index is -3.73. The number of rotatable bonds is 6. The van der Waals surface area contributed by atoms with Crippen LogP contribution in [0.1, 0.15) is 5.56 Å². The van der Waals surface area contributed by atoms with Crippen LogP contribution in [-0.4, -0.2) is 52.0 Å². The lowest BCUT2D eigenvalue weighted by molar-refractivity contribution is -0.115. The van der Waals surface area contributed by atoms with Gasteiger partial charge in [0, 0.05) is 18.8 Å². The zero-order valence-corrected chi connectivity index (χ0v) is 15.9. The molecule has 0 radical (unpaired) electrons. The Kier molecular flexibility index (Phi) is 6.10. The van der Waals surface area contributed by atoms with Gasteiger partial charge in [0.15, 0.2) is 0 Å². The van der Waals surface area contributed by atoms with Crippen molar-refractivity contribution < 1.29 is 22.7 Å². The van der Waals surface area contributed by atoms with Crippen LogP contribution in [-0.2, 0) is 26.0 Å². The van der Waals surface area contributed by atoms with Crippen LogP contribution in [0.5, 0.6) is 5.75 Å². The number of ether oxygens (including phenoxy) is 2. The van der Waals surface area contributed by atoms with Crippen LogP contribution in [0.4, 0.5) is 5.69 Å². The number of nitrogens with zero attached hydrogens (tertiary/aromatic N) is 1. The summed E-state index contributed by atoms with van der Waals surface area (Å²) >= 11 is 0. The quantitative estimate of drug-likeness (QED) is 0.814. The third-order valence-electron chi connectivity index (χ3n) is 4.24. The molecule has 1 heterocycles. The highest BCUT2D eigenvalue weighted by molar-refractivity contribution is 7.89. The number of morpholine rings is 1. The molecule has 0 aromatic heterocycles. The normalized spacial score (nSPS) is 15.3. The predicted molar refractivity (Wildman–Crippen MR) is 101 cm³/mol. The topological polar surface area (TPSA) is 84.9 Å². The standard InChI is InChI=1S/C19H22N2O5S/c1-25-17-8-7-15(14-19(22)20-16-5-3-2-4-6-16)13-18(17)27(23,24)21-9-11-26-12-10-21/h2-8,13H,9-12,14H2,1H3,(H,20,22). The van der Waals surface area contributed by atoms with Gasteiger partial charge in [-0.25, -0.2) is 8.42 Å². The predicted octanol–water partition coefficient (Wildman–Crippen LogP) is 1.90. The van der Waals surface area contributed by atoms with Crippen LogP contribution < -0.4 is 10.1 Å². The third-order valence-corrected chi connectivity index (χ3v) is 6.16. The zero-order valence-electron chi connectivity index (χ0n) is 15.1. The highest BCUT2D eigenvalue weighted by Crippen LogP contribution is 2.28. The molecule has 1 aliphatic rings. The Balaban J connectivity index is 1.81. The Labute approximate surface area is 158 Å². The van der Waals surface area contributed by atoms with Gasteiger partial charge in [-0.05, 0) is 29.8 Å². The second kappa shape index (κ2) is 8.51. The summed E-state index contributed by atoms with van der Waals surface area (Å²) in [4.78, 5) is 12.3.